The number of piperidine rings is 1. The Labute approximate surface area is 122 Å². The van der Waals surface area contributed by atoms with E-state index in [1.165, 1.54) is 56.4 Å². The number of nitrogens with zero attached hydrogens (tertiary/aromatic N) is 1. The number of nitrogens with one attached hydrogen (secondary N) is 1. The molecule has 0 aromatic heterocycles. The van der Waals surface area contributed by atoms with Gasteiger partial charge in [-0.3, -0.25) is 0 Å². The summed E-state index contributed by atoms with van der Waals surface area (Å²) in [6.07, 6.45) is 5.58. The van der Waals surface area contributed by atoms with Crippen molar-refractivity contribution >= 4 is 0 Å². The highest BCUT2D eigenvalue weighted by molar-refractivity contribution is 5.25. The lowest BCUT2D eigenvalue weighted by atomic mass is 10.0. The molecule has 2 heterocycles. The molecule has 1 unspecified atom stereocenters. The summed E-state index contributed by atoms with van der Waals surface area (Å²) >= 11 is 0. The molecule has 2 aliphatic rings. The average Bonchev–Trinajstić information content (AvgIpc) is 2.55. The van der Waals surface area contributed by atoms with E-state index in [2.05, 4.69) is 34.5 Å². The highest BCUT2D eigenvalue weighted by Crippen LogP contribution is 2.19. The van der Waals surface area contributed by atoms with Crippen LogP contribution in [0.2, 0.25) is 0 Å². The van der Waals surface area contributed by atoms with E-state index in [4.69, 9.17) is 4.74 Å². The monoisotopic (exact) mass is 274 g/mol. The Balaban J connectivity index is 1.50. The first-order valence-corrected chi connectivity index (χ1v) is 8.05. The lowest BCUT2D eigenvalue weighted by Crippen LogP contribution is -2.33. The first-order chi connectivity index (χ1) is 9.92. The van der Waals surface area contributed by atoms with Gasteiger partial charge in [0.15, 0.2) is 0 Å². The molecule has 1 aromatic carbocycles. The van der Waals surface area contributed by atoms with Gasteiger partial charge in [0.05, 0.1) is 12.7 Å². The van der Waals surface area contributed by atoms with Crippen molar-refractivity contribution in [3.05, 3.63) is 35.4 Å². The quantitative estimate of drug-likeness (QED) is 0.912. The van der Waals surface area contributed by atoms with Gasteiger partial charge >= 0.3 is 0 Å². The first kappa shape index (κ1) is 14.1. The number of likely N-dealkylation sites (tertiary alicyclic amines) is 1. The van der Waals surface area contributed by atoms with Gasteiger partial charge in [0, 0.05) is 19.6 Å². The van der Waals surface area contributed by atoms with E-state index in [1.807, 2.05) is 0 Å². The van der Waals surface area contributed by atoms with Crippen LogP contribution in [0.1, 0.15) is 36.5 Å². The van der Waals surface area contributed by atoms with Crippen LogP contribution in [0, 0.1) is 0 Å². The summed E-state index contributed by atoms with van der Waals surface area (Å²) in [6, 6.07) is 9.03. The molecular formula is C17H26N2O. The van der Waals surface area contributed by atoms with Gasteiger partial charge in [-0.05, 0) is 43.5 Å². The van der Waals surface area contributed by atoms with Crippen LogP contribution >= 0.6 is 0 Å². The van der Waals surface area contributed by atoms with Gasteiger partial charge in [0.2, 0.25) is 0 Å². The molecule has 2 fully saturated rings. The van der Waals surface area contributed by atoms with Gasteiger partial charge in [0.25, 0.3) is 0 Å². The zero-order valence-corrected chi connectivity index (χ0v) is 12.3. The molecule has 0 radical (unpaired) electrons. The number of hydrogen-bond donors (Lipinski definition) is 1. The van der Waals surface area contributed by atoms with Gasteiger partial charge in [0.1, 0.15) is 0 Å². The smallest absolute Gasteiger partial charge is 0.0949 e. The molecule has 0 aliphatic carbocycles. The van der Waals surface area contributed by atoms with Crippen molar-refractivity contribution in [1.29, 1.82) is 0 Å². The predicted molar refractivity (Wildman–Crippen MR) is 82.0 cm³/mol. The Morgan fingerprint density at radius 2 is 1.90 bits per heavy atom. The molecule has 0 saturated carbocycles. The fraction of sp³-hybridized carbons (Fsp3) is 0.647. The highest BCUT2D eigenvalue weighted by Gasteiger charge is 2.15. The van der Waals surface area contributed by atoms with Crippen LogP contribution in [-0.4, -0.2) is 44.2 Å². The standard InChI is InChI=1S/C17H26N2O/c1-2-10-19(11-3-1)12-8-15-4-6-16(7-5-15)17-14-18-9-13-20-17/h4-7,17-18H,1-3,8-14H2. The molecule has 3 nitrogen and oxygen atoms in total. The zero-order chi connectivity index (χ0) is 13.6. The number of ether oxygens (including phenoxy) is 1. The lowest BCUT2D eigenvalue weighted by molar-refractivity contribution is 0.0277. The van der Waals surface area contributed by atoms with E-state index in [0.29, 0.717) is 0 Å². The zero-order valence-electron chi connectivity index (χ0n) is 12.3. The average molecular weight is 274 g/mol. The molecule has 2 saturated heterocycles. The van der Waals surface area contributed by atoms with Crippen LogP contribution in [0.15, 0.2) is 24.3 Å². The van der Waals surface area contributed by atoms with Gasteiger partial charge < -0.3 is 15.0 Å². The van der Waals surface area contributed by atoms with Crippen molar-refractivity contribution in [2.24, 2.45) is 0 Å². The minimum absolute atomic E-state index is 0.236. The highest BCUT2D eigenvalue weighted by atomic mass is 16.5. The molecule has 1 atom stereocenters. The first-order valence-electron chi connectivity index (χ1n) is 8.05. The Hall–Kier alpha value is -0.900. The second-order valence-electron chi connectivity index (χ2n) is 5.96. The summed E-state index contributed by atoms with van der Waals surface area (Å²) in [4.78, 5) is 2.60. The molecule has 2 aliphatic heterocycles. The SMILES string of the molecule is c1cc(C2CNCCO2)ccc1CCN1CCCCC1. The van der Waals surface area contributed by atoms with E-state index in [1.54, 1.807) is 0 Å². The summed E-state index contributed by atoms with van der Waals surface area (Å²) < 4.78 is 5.79. The third-order valence-corrected chi connectivity index (χ3v) is 4.44. The van der Waals surface area contributed by atoms with Crippen molar-refractivity contribution in [3.63, 3.8) is 0 Å². The molecule has 1 aromatic rings. The fourth-order valence-electron chi connectivity index (χ4n) is 3.15. The molecular weight excluding hydrogens is 248 g/mol. The largest absolute Gasteiger partial charge is 0.371 e. The predicted octanol–water partition coefficient (Wildman–Crippen LogP) is 2.38. The van der Waals surface area contributed by atoms with Crippen molar-refractivity contribution in [3.8, 4) is 0 Å². The Morgan fingerprint density at radius 1 is 1.10 bits per heavy atom. The van der Waals surface area contributed by atoms with Crippen LogP contribution < -0.4 is 5.32 Å². The number of hydrogen-bond acceptors (Lipinski definition) is 3. The van der Waals surface area contributed by atoms with Gasteiger partial charge in [-0.25, -0.2) is 0 Å². The molecule has 3 heteroatoms. The molecule has 0 spiro atoms. The number of rotatable bonds is 4. The summed E-state index contributed by atoms with van der Waals surface area (Å²) in [5.74, 6) is 0. The number of morpholine rings is 1. The normalized spacial score (nSPS) is 24.7. The van der Waals surface area contributed by atoms with Crippen molar-refractivity contribution in [1.82, 2.24) is 10.2 Å². The van der Waals surface area contributed by atoms with E-state index in [9.17, 15) is 0 Å². The van der Waals surface area contributed by atoms with Crippen LogP contribution in [0.5, 0.6) is 0 Å². The van der Waals surface area contributed by atoms with E-state index >= 15 is 0 Å². The fourth-order valence-corrected chi connectivity index (χ4v) is 3.15. The minimum Gasteiger partial charge on any atom is -0.371 e. The third-order valence-electron chi connectivity index (χ3n) is 4.44. The third kappa shape index (κ3) is 3.81. The van der Waals surface area contributed by atoms with Gasteiger partial charge in [-0.2, -0.15) is 0 Å². The van der Waals surface area contributed by atoms with Crippen LogP contribution in [-0.2, 0) is 11.2 Å². The van der Waals surface area contributed by atoms with Crippen molar-refractivity contribution in [2.45, 2.75) is 31.8 Å². The van der Waals surface area contributed by atoms with Crippen LogP contribution in [0.25, 0.3) is 0 Å². The molecule has 0 amide bonds. The van der Waals surface area contributed by atoms with Crippen LogP contribution in [0.3, 0.4) is 0 Å². The lowest BCUT2D eigenvalue weighted by Gasteiger charge is -2.26. The molecule has 1 N–H and O–H groups in total. The molecule has 0 bridgehead atoms. The topological polar surface area (TPSA) is 24.5 Å². The van der Waals surface area contributed by atoms with Crippen molar-refractivity contribution < 1.29 is 4.74 Å². The molecule has 3 rings (SSSR count). The van der Waals surface area contributed by atoms with E-state index < -0.39 is 0 Å². The van der Waals surface area contributed by atoms with E-state index in [-0.39, 0.29) is 6.10 Å². The second kappa shape index (κ2) is 7.21. The second-order valence-corrected chi connectivity index (χ2v) is 5.96. The Kier molecular flexibility index (Phi) is 5.06. The minimum atomic E-state index is 0.236. The maximum atomic E-state index is 5.79. The van der Waals surface area contributed by atoms with Crippen molar-refractivity contribution in [2.75, 3.05) is 39.3 Å². The van der Waals surface area contributed by atoms with Crippen LogP contribution in [0.4, 0.5) is 0 Å². The summed E-state index contributed by atoms with van der Waals surface area (Å²) in [6.45, 7) is 6.53. The summed E-state index contributed by atoms with van der Waals surface area (Å²) in [7, 11) is 0. The van der Waals surface area contributed by atoms with Gasteiger partial charge in [-0.1, -0.05) is 30.7 Å². The Morgan fingerprint density at radius 3 is 2.60 bits per heavy atom. The molecule has 110 valence electrons. The maximum Gasteiger partial charge on any atom is 0.0949 e. The van der Waals surface area contributed by atoms with E-state index in [0.717, 1.165) is 19.7 Å². The number of benzene rings is 1. The van der Waals surface area contributed by atoms with Gasteiger partial charge in [-0.15, -0.1) is 0 Å². The maximum absolute atomic E-state index is 5.79. The Bertz CT molecular complexity index is 392. The summed E-state index contributed by atoms with van der Waals surface area (Å²) in [5.41, 5.74) is 2.75. The molecule has 20 heavy (non-hydrogen) atoms. The summed E-state index contributed by atoms with van der Waals surface area (Å²) in [5, 5.41) is 3.38.